The van der Waals surface area contributed by atoms with Gasteiger partial charge < -0.3 is 9.85 Å². The van der Waals surface area contributed by atoms with E-state index in [1.807, 2.05) is 0 Å². The average Bonchev–Trinajstić information content (AvgIpc) is 1.65. The maximum atomic E-state index is 11.1. The normalized spacial score (nSPS) is 38.0. The van der Waals surface area contributed by atoms with Crippen molar-refractivity contribution in [3.05, 3.63) is 5.21 Å². The molecule has 0 bridgehead atoms. The zero-order valence-corrected chi connectivity index (χ0v) is 7.41. The molecule has 0 saturated carbocycles. The van der Waals surface area contributed by atoms with E-state index in [1.165, 1.54) is 0 Å². The van der Waals surface area contributed by atoms with E-state index in [0.717, 1.165) is 34.0 Å². The Balaban J connectivity index is 0.000000640. The van der Waals surface area contributed by atoms with Crippen LogP contribution in [0.3, 0.4) is 0 Å². The summed E-state index contributed by atoms with van der Waals surface area (Å²) in [6, 6.07) is 0. The summed E-state index contributed by atoms with van der Waals surface area (Å²) >= 11 is 0. The lowest BCUT2D eigenvalue weighted by atomic mass is 10.5. The van der Waals surface area contributed by atoms with Crippen LogP contribution in [0.4, 0.5) is 0 Å². The fourth-order valence-electron chi connectivity index (χ4n) is 0.868. The average molecular weight is 170 g/mol. The third-order valence-corrected chi connectivity index (χ3v) is 2.68. The Kier molecular flexibility index (Phi) is 3.99. The van der Waals surface area contributed by atoms with Crippen molar-refractivity contribution in [1.29, 1.82) is 0 Å². The molecule has 0 aliphatic carbocycles. The fourth-order valence-corrected chi connectivity index (χ4v) is 2.38. The predicted octanol–water partition coefficient (Wildman–Crippen LogP) is 1.04. The molecule has 1 aliphatic heterocycles. The van der Waals surface area contributed by atoms with Crippen LogP contribution in [-0.2, 0) is 0 Å². The number of rotatable bonds is 0. The van der Waals surface area contributed by atoms with E-state index in [9.17, 15) is 5.21 Å². The maximum absolute atomic E-state index is 11.1. The second kappa shape index (κ2) is 3.72. The van der Waals surface area contributed by atoms with Crippen LogP contribution < -0.4 is 0 Å². The van der Waals surface area contributed by atoms with Crippen molar-refractivity contribution in [3.63, 3.8) is 0 Å². The molecule has 1 heterocycles. The van der Waals surface area contributed by atoms with Crippen LogP contribution in [0.1, 0.15) is 0 Å². The topological polar surface area (TPSA) is 23.1 Å². The first-order valence-corrected chi connectivity index (χ1v) is 4.38. The number of hydrogen-bond donors (Lipinski definition) is 0. The van der Waals surface area contributed by atoms with E-state index >= 15 is 0 Å². The molecule has 0 unspecified atom stereocenters. The van der Waals surface area contributed by atoms with Gasteiger partial charge in [-0.1, -0.05) is 0 Å². The van der Waals surface area contributed by atoms with Crippen LogP contribution in [0, 0.1) is 5.21 Å². The summed E-state index contributed by atoms with van der Waals surface area (Å²) in [6.45, 7) is 1.69. The van der Waals surface area contributed by atoms with Gasteiger partial charge in [-0.3, -0.25) is 0 Å². The van der Waals surface area contributed by atoms with Crippen molar-refractivity contribution < 1.29 is 4.65 Å². The molecular weight excluding hydrogens is 156 g/mol. The molecule has 4 heteroatoms. The number of hydroxylamine groups is 3. The minimum absolute atomic E-state index is 0. The van der Waals surface area contributed by atoms with Gasteiger partial charge in [0.15, 0.2) is 0 Å². The molecule has 9 heavy (non-hydrogen) atoms. The van der Waals surface area contributed by atoms with Gasteiger partial charge in [0.1, 0.15) is 0 Å². The van der Waals surface area contributed by atoms with E-state index in [2.05, 4.69) is 0 Å². The maximum Gasteiger partial charge on any atom is 0.0819 e. The van der Waals surface area contributed by atoms with Crippen LogP contribution in [0.15, 0.2) is 0 Å². The minimum atomic E-state index is 0. The first kappa shape index (κ1) is 9.64. The van der Waals surface area contributed by atoms with Crippen LogP contribution in [0.25, 0.3) is 0 Å². The third-order valence-electron chi connectivity index (χ3n) is 1.52. The van der Waals surface area contributed by atoms with E-state index in [1.54, 1.807) is 7.05 Å². The van der Waals surface area contributed by atoms with Gasteiger partial charge >= 0.3 is 0 Å². The molecule has 1 saturated heterocycles. The molecule has 0 aromatic rings. The Morgan fingerprint density at radius 1 is 1.33 bits per heavy atom. The number of halogens is 1. The van der Waals surface area contributed by atoms with E-state index < -0.39 is 0 Å². The summed E-state index contributed by atoms with van der Waals surface area (Å²) in [7, 11) is 2.82. The summed E-state index contributed by atoms with van der Waals surface area (Å²) in [5.74, 6) is 0. The van der Waals surface area contributed by atoms with Crippen LogP contribution in [0.5, 0.6) is 0 Å². The molecular formula is C5H13ClNOP. The Morgan fingerprint density at radius 2 is 1.78 bits per heavy atom. The highest BCUT2D eigenvalue weighted by Crippen LogP contribution is 2.18. The first-order chi connectivity index (χ1) is 3.71. The Labute approximate surface area is 64.0 Å². The fraction of sp³-hybridized carbons (Fsp3) is 1.00. The highest BCUT2D eigenvalue weighted by molar-refractivity contribution is 7.38. The second-order valence-corrected chi connectivity index (χ2v) is 3.99. The van der Waals surface area contributed by atoms with Crippen molar-refractivity contribution in [2.45, 2.75) is 0 Å². The molecule has 0 N–H and O–H groups in total. The second-order valence-electron chi connectivity index (χ2n) is 2.49. The SMILES string of the molecule is C[N+]1([O-])CCPCC1.Cl. The lowest BCUT2D eigenvalue weighted by molar-refractivity contribution is -0.856. The van der Waals surface area contributed by atoms with Gasteiger partial charge in [-0.05, 0) is 0 Å². The van der Waals surface area contributed by atoms with Gasteiger partial charge in [0, 0.05) is 12.3 Å². The van der Waals surface area contributed by atoms with Crippen LogP contribution in [-0.4, -0.2) is 37.1 Å². The van der Waals surface area contributed by atoms with Crippen molar-refractivity contribution in [2.24, 2.45) is 0 Å². The lowest BCUT2D eigenvalue weighted by Crippen LogP contribution is -2.43. The van der Waals surface area contributed by atoms with Gasteiger partial charge in [0.2, 0.25) is 0 Å². The molecule has 0 atom stereocenters. The van der Waals surface area contributed by atoms with Gasteiger partial charge in [-0.15, -0.1) is 21.0 Å². The predicted molar refractivity (Wildman–Crippen MR) is 44.6 cm³/mol. The zero-order chi connectivity index (χ0) is 6.04. The zero-order valence-electron chi connectivity index (χ0n) is 5.59. The van der Waals surface area contributed by atoms with Crippen molar-refractivity contribution in [2.75, 3.05) is 32.5 Å². The summed E-state index contributed by atoms with van der Waals surface area (Å²) < 4.78 is 0.00694. The standard InChI is InChI=1S/C5H12NOP.ClH/c1-6(7)2-4-8-5-3-6;/h8H,2-5H2,1H3;1H. The van der Waals surface area contributed by atoms with Crippen molar-refractivity contribution in [1.82, 2.24) is 0 Å². The molecule has 0 aromatic heterocycles. The summed E-state index contributed by atoms with van der Waals surface area (Å²) in [6.07, 6.45) is 2.31. The summed E-state index contributed by atoms with van der Waals surface area (Å²) in [5, 5.41) is 11.1. The molecule has 0 aromatic carbocycles. The monoisotopic (exact) mass is 169 g/mol. The third kappa shape index (κ3) is 3.36. The molecule has 1 aliphatic rings. The minimum Gasteiger partial charge on any atom is -0.633 e. The quantitative estimate of drug-likeness (QED) is 0.302. The van der Waals surface area contributed by atoms with Gasteiger partial charge in [0.25, 0.3) is 0 Å². The molecule has 0 spiro atoms. The number of hydrogen-bond acceptors (Lipinski definition) is 1. The first-order valence-electron chi connectivity index (χ1n) is 2.97. The number of nitrogens with zero attached hydrogens (tertiary/aromatic N) is 1. The molecule has 0 radical (unpaired) electrons. The molecule has 1 rings (SSSR count). The number of quaternary nitrogens is 1. The van der Waals surface area contributed by atoms with E-state index in [0.29, 0.717) is 0 Å². The van der Waals surface area contributed by atoms with Crippen molar-refractivity contribution in [3.8, 4) is 0 Å². The van der Waals surface area contributed by atoms with Gasteiger partial charge in [-0.25, -0.2) is 0 Å². The van der Waals surface area contributed by atoms with E-state index in [4.69, 9.17) is 0 Å². The Hall–Kier alpha value is 0.640. The van der Waals surface area contributed by atoms with Gasteiger partial charge in [0.05, 0.1) is 20.1 Å². The molecule has 0 amide bonds. The molecule has 56 valence electrons. The lowest BCUT2D eigenvalue weighted by Gasteiger charge is -2.41. The Morgan fingerprint density at radius 3 is 2.00 bits per heavy atom. The molecule has 2 nitrogen and oxygen atoms in total. The van der Waals surface area contributed by atoms with Crippen LogP contribution >= 0.6 is 21.0 Å². The van der Waals surface area contributed by atoms with Gasteiger partial charge in [-0.2, -0.15) is 0 Å². The largest absolute Gasteiger partial charge is 0.633 e. The highest BCUT2D eigenvalue weighted by Gasteiger charge is 2.13. The van der Waals surface area contributed by atoms with E-state index in [-0.39, 0.29) is 17.1 Å². The Bertz CT molecular complexity index is 81.0. The van der Waals surface area contributed by atoms with Crippen LogP contribution in [0.2, 0.25) is 0 Å². The molecule has 1 fully saturated rings. The van der Waals surface area contributed by atoms with Crippen molar-refractivity contribution >= 4 is 21.0 Å². The summed E-state index contributed by atoms with van der Waals surface area (Å²) in [5.41, 5.74) is 0. The summed E-state index contributed by atoms with van der Waals surface area (Å²) in [4.78, 5) is 0. The smallest absolute Gasteiger partial charge is 0.0819 e. The highest BCUT2D eigenvalue weighted by atomic mass is 35.5.